The van der Waals surface area contributed by atoms with E-state index in [2.05, 4.69) is 4.74 Å². The number of methoxy groups -OCH3 is 1. The van der Waals surface area contributed by atoms with Crippen LogP contribution in [0.5, 0.6) is 17.2 Å². The van der Waals surface area contributed by atoms with Crippen molar-refractivity contribution in [3.8, 4) is 17.2 Å². The molecule has 4 nitrogen and oxygen atoms in total. The molecule has 0 aliphatic rings. The minimum atomic E-state index is -2.98. The average molecular weight is 366 g/mol. The van der Waals surface area contributed by atoms with Gasteiger partial charge in [-0.15, -0.1) is 0 Å². The zero-order chi connectivity index (χ0) is 19.1. The van der Waals surface area contributed by atoms with Gasteiger partial charge in [-0.2, -0.15) is 8.78 Å². The van der Waals surface area contributed by atoms with E-state index < -0.39 is 18.2 Å². The molecule has 2 rings (SSSR count). The van der Waals surface area contributed by atoms with Gasteiger partial charge in [0.25, 0.3) is 0 Å². The summed E-state index contributed by atoms with van der Waals surface area (Å²) < 4.78 is 53.2. The van der Waals surface area contributed by atoms with Gasteiger partial charge in [0.1, 0.15) is 11.6 Å². The standard InChI is InChI=1S/C19H17F3O4/c1-3-25-18-10-12(5-9-17(18)26-19(21)22)4-8-16(23)14-7-6-13(24-2)11-15(14)20/h4-11,19H,3H2,1-2H3/b8-4+. The van der Waals surface area contributed by atoms with Crippen LogP contribution in [-0.4, -0.2) is 26.1 Å². The van der Waals surface area contributed by atoms with Crippen molar-refractivity contribution in [1.29, 1.82) is 0 Å². The highest BCUT2D eigenvalue weighted by Gasteiger charge is 2.12. The van der Waals surface area contributed by atoms with Crippen molar-refractivity contribution in [2.24, 2.45) is 0 Å². The summed E-state index contributed by atoms with van der Waals surface area (Å²) in [5, 5.41) is 0. The number of hydrogen-bond acceptors (Lipinski definition) is 4. The Morgan fingerprint density at radius 2 is 1.92 bits per heavy atom. The van der Waals surface area contributed by atoms with Crippen LogP contribution in [0.15, 0.2) is 42.5 Å². The molecule has 0 aliphatic carbocycles. The highest BCUT2D eigenvalue weighted by Crippen LogP contribution is 2.30. The molecule has 0 unspecified atom stereocenters. The number of halogens is 3. The summed E-state index contributed by atoms with van der Waals surface area (Å²) in [6, 6.07) is 8.17. The maximum absolute atomic E-state index is 13.9. The Morgan fingerprint density at radius 3 is 2.54 bits per heavy atom. The van der Waals surface area contributed by atoms with Crippen LogP contribution in [0.25, 0.3) is 6.08 Å². The van der Waals surface area contributed by atoms with Crippen molar-refractivity contribution in [2.45, 2.75) is 13.5 Å². The van der Waals surface area contributed by atoms with Crippen LogP contribution in [0, 0.1) is 5.82 Å². The Labute approximate surface area is 148 Å². The fraction of sp³-hybridized carbons (Fsp3) is 0.211. The lowest BCUT2D eigenvalue weighted by molar-refractivity contribution is -0.0514. The number of allylic oxidation sites excluding steroid dienone is 1. The molecule has 2 aromatic rings. The maximum Gasteiger partial charge on any atom is 0.387 e. The van der Waals surface area contributed by atoms with Crippen molar-refractivity contribution >= 4 is 11.9 Å². The number of alkyl halides is 2. The Balaban J connectivity index is 2.21. The Morgan fingerprint density at radius 1 is 1.15 bits per heavy atom. The molecule has 138 valence electrons. The highest BCUT2D eigenvalue weighted by molar-refractivity contribution is 6.07. The van der Waals surface area contributed by atoms with E-state index in [-0.39, 0.29) is 23.7 Å². The first-order valence-corrected chi connectivity index (χ1v) is 7.72. The van der Waals surface area contributed by atoms with Crippen LogP contribution < -0.4 is 14.2 Å². The Hall–Kier alpha value is -2.96. The summed E-state index contributed by atoms with van der Waals surface area (Å²) in [5.41, 5.74) is 0.405. The second-order valence-corrected chi connectivity index (χ2v) is 5.06. The van der Waals surface area contributed by atoms with Crippen LogP contribution in [0.1, 0.15) is 22.8 Å². The first-order chi connectivity index (χ1) is 12.4. The van der Waals surface area contributed by atoms with Gasteiger partial charge in [0.15, 0.2) is 17.3 Å². The van der Waals surface area contributed by atoms with Gasteiger partial charge in [-0.05, 0) is 42.8 Å². The molecule has 2 aromatic carbocycles. The fourth-order valence-corrected chi connectivity index (χ4v) is 2.17. The van der Waals surface area contributed by atoms with Gasteiger partial charge in [-0.25, -0.2) is 4.39 Å². The van der Waals surface area contributed by atoms with E-state index in [9.17, 15) is 18.0 Å². The topological polar surface area (TPSA) is 44.8 Å². The van der Waals surface area contributed by atoms with E-state index in [1.54, 1.807) is 6.92 Å². The van der Waals surface area contributed by atoms with Crippen LogP contribution in [0.4, 0.5) is 13.2 Å². The molecule has 0 amide bonds. The third-order valence-electron chi connectivity index (χ3n) is 3.35. The van der Waals surface area contributed by atoms with Crippen molar-refractivity contribution in [3.05, 3.63) is 59.4 Å². The van der Waals surface area contributed by atoms with E-state index in [1.807, 2.05) is 0 Å². The average Bonchev–Trinajstić information content (AvgIpc) is 2.61. The van der Waals surface area contributed by atoms with Gasteiger partial charge in [-0.1, -0.05) is 12.1 Å². The zero-order valence-electron chi connectivity index (χ0n) is 14.2. The molecule has 0 N–H and O–H groups in total. The quantitative estimate of drug-likeness (QED) is 0.500. The molecular weight excluding hydrogens is 349 g/mol. The van der Waals surface area contributed by atoms with Crippen LogP contribution in [-0.2, 0) is 0 Å². The van der Waals surface area contributed by atoms with Gasteiger partial charge in [0.05, 0.1) is 19.3 Å². The van der Waals surface area contributed by atoms with E-state index in [0.717, 1.165) is 6.07 Å². The molecule has 0 aliphatic heterocycles. The molecular formula is C19H17F3O4. The molecule has 0 saturated heterocycles. The first kappa shape index (κ1) is 19.4. The third-order valence-corrected chi connectivity index (χ3v) is 3.35. The van der Waals surface area contributed by atoms with Gasteiger partial charge >= 0.3 is 6.61 Å². The third kappa shape index (κ3) is 5.02. The molecule has 0 saturated carbocycles. The van der Waals surface area contributed by atoms with Crippen LogP contribution in [0.3, 0.4) is 0 Å². The van der Waals surface area contributed by atoms with Crippen molar-refractivity contribution in [2.75, 3.05) is 13.7 Å². The largest absolute Gasteiger partial charge is 0.497 e. The highest BCUT2D eigenvalue weighted by atomic mass is 19.3. The predicted molar refractivity (Wildman–Crippen MR) is 90.6 cm³/mol. The number of hydrogen-bond donors (Lipinski definition) is 0. The Kier molecular flexibility index (Phi) is 6.66. The molecule has 0 fully saturated rings. The van der Waals surface area contributed by atoms with Crippen LogP contribution in [0.2, 0.25) is 0 Å². The summed E-state index contributed by atoms with van der Waals surface area (Å²) in [7, 11) is 1.40. The molecule has 0 bridgehead atoms. The van der Waals surface area contributed by atoms with Crippen molar-refractivity contribution < 1.29 is 32.2 Å². The second-order valence-electron chi connectivity index (χ2n) is 5.06. The lowest BCUT2D eigenvalue weighted by Gasteiger charge is -2.11. The fourth-order valence-electron chi connectivity index (χ4n) is 2.17. The zero-order valence-corrected chi connectivity index (χ0v) is 14.2. The molecule has 7 heteroatoms. The molecule has 0 aromatic heterocycles. The first-order valence-electron chi connectivity index (χ1n) is 7.72. The monoisotopic (exact) mass is 366 g/mol. The van der Waals surface area contributed by atoms with Crippen molar-refractivity contribution in [1.82, 2.24) is 0 Å². The van der Waals surface area contributed by atoms with Gasteiger partial charge in [0, 0.05) is 6.07 Å². The summed E-state index contributed by atoms with van der Waals surface area (Å²) >= 11 is 0. The number of carbonyl (C=O) groups is 1. The SMILES string of the molecule is CCOc1cc(/C=C/C(=O)c2ccc(OC)cc2F)ccc1OC(F)F. The van der Waals surface area contributed by atoms with E-state index in [4.69, 9.17) is 9.47 Å². The maximum atomic E-state index is 13.9. The molecule has 0 radical (unpaired) electrons. The smallest absolute Gasteiger partial charge is 0.387 e. The Bertz CT molecular complexity index is 803. The second kappa shape index (κ2) is 8.94. The summed E-state index contributed by atoms with van der Waals surface area (Å²) in [6.45, 7) is -1.02. The molecule has 0 spiro atoms. The summed E-state index contributed by atoms with van der Waals surface area (Å²) in [6.07, 6.45) is 2.62. The molecule has 0 heterocycles. The number of ketones is 1. The predicted octanol–water partition coefficient (Wildman–Crippen LogP) is 4.73. The van der Waals surface area contributed by atoms with Gasteiger partial charge in [-0.3, -0.25) is 4.79 Å². The number of rotatable bonds is 8. The normalized spacial score (nSPS) is 11.0. The van der Waals surface area contributed by atoms with E-state index in [0.29, 0.717) is 11.3 Å². The van der Waals surface area contributed by atoms with Crippen LogP contribution >= 0.6 is 0 Å². The minimum absolute atomic E-state index is 0.105. The van der Waals surface area contributed by atoms with E-state index >= 15 is 0 Å². The van der Waals surface area contributed by atoms with Gasteiger partial charge in [0.2, 0.25) is 0 Å². The molecule has 26 heavy (non-hydrogen) atoms. The summed E-state index contributed by atoms with van der Waals surface area (Å²) in [5.74, 6) is -0.922. The van der Waals surface area contributed by atoms with Crippen molar-refractivity contribution in [3.63, 3.8) is 0 Å². The lowest BCUT2D eigenvalue weighted by Crippen LogP contribution is -2.04. The van der Waals surface area contributed by atoms with Gasteiger partial charge < -0.3 is 14.2 Å². The summed E-state index contributed by atoms with van der Waals surface area (Å²) in [4.78, 5) is 12.1. The number of ether oxygens (including phenoxy) is 3. The lowest BCUT2D eigenvalue weighted by atomic mass is 10.1. The number of benzene rings is 2. The molecule has 0 atom stereocenters. The minimum Gasteiger partial charge on any atom is -0.497 e. The number of carbonyl (C=O) groups excluding carboxylic acids is 1. The van der Waals surface area contributed by atoms with E-state index in [1.165, 1.54) is 49.6 Å².